The van der Waals surface area contributed by atoms with Gasteiger partial charge in [-0.1, -0.05) is 18.2 Å². The Morgan fingerprint density at radius 1 is 1.18 bits per heavy atom. The van der Waals surface area contributed by atoms with Gasteiger partial charge in [-0.15, -0.1) is 0 Å². The van der Waals surface area contributed by atoms with E-state index in [0.717, 1.165) is 0 Å². The van der Waals surface area contributed by atoms with Crippen molar-refractivity contribution in [3.63, 3.8) is 0 Å². The van der Waals surface area contributed by atoms with E-state index in [-0.39, 0.29) is 18.0 Å². The number of nitrogens with zero attached hydrogens (tertiary/aromatic N) is 1. The zero-order chi connectivity index (χ0) is 15.9. The van der Waals surface area contributed by atoms with Gasteiger partial charge in [0.1, 0.15) is 5.75 Å². The Balaban J connectivity index is 1.94. The van der Waals surface area contributed by atoms with Crippen LogP contribution >= 0.6 is 0 Å². The molecule has 22 heavy (non-hydrogen) atoms. The minimum absolute atomic E-state index is 0.0414. The molecule has 0 aromatic heterocycles. The highest BCUT2D eigenvalue weighted by molar-refractivity contribution is 5.90. The molecule has 2 rings (SSSR count). The van der Waals surface area contributed by atoms with E-state index in [1.807, 2.05) is 0 Å². The van der Waals surface area contributed by atoms with E-state index >= 15 is 0 Å². The fourth-order valence-corrected chi connectivity index (χ4v) is 2.05. The first kappa shape index (κ1) is 15.5. The molecule has 2 aromatic carbocycles. The number of benzene rings is 2. The molecule has 6 heteroatoms. The maximum atomic E-state index is 11.9. The lowest BCUT2D eigenvalue weighted by Gasteiger charge is -2.06. The van der Waals surface area contributed by atoms with Crippen molar-refractivity contribution < 1.29 is 14.5 Å². The molecule has 0 atom stereocenters. The van der Waals surface area contributed by atoms with Gasteiger partial charge in [-0.2, -0.15) is 0 Å². The van der Waals surface area contributed by atoms with Gasteiger partial charge in [0, 0.05) is 23.7 Å². The largest absolute Gasteiger partial charge is 0.497 e. The molecule has 0 heterocycles. The third-order valence-electron chi connectivity index (χ3n) is 3.18. The van der Waals surface area contributed by atoms with Crippen LogP contribution in [0.4, 0.5) is 11.4 Å². The van der Waals surface area contributed by atoms with Gasteiger partial charge in [-0.25, -0.2) is 0 Å². The van der Waals surface area contributed by atoms with Crippen molar-refractivity contribution in [3.8, 4) is 5.75 Å². The molecule has 0 saturated carbocycles. The first-order chi connectivity index (χ1) is 10.6. The molecule has 0 radical (unpaired) electrons. The first-order valence-electron chi connectivity index (χ1n) is 6.76. The minimum Gasteiger partial charge on any atom is -0.497 e. The molecular formula is C16H16N2O4. The smallest absolute Gasteiger partial charge is 0.272 e. The lowest BCUT2D eigenvalue weighted by atomic mass is 10.1. The summed E-state index contributed by atoms with van der Waals surface area (Å²) in [6.07, 6.45) is 0.496. The molecule has 0 unspecified atom stereocenters. The first-order valence-corrected chi connectivity index (χ1v) is 6.76. The minimum atomic E-state index is -0.434. The summed E-state index contributed by atoms with van der Waals surface area (Å²) >= 11 is 0. The zero-order valence-electron chi connectivity index (χ0n) is 12.1. The lowest BCUT2D eigenvalue weighted by molar-refractivity contribution is -0.385. The normalized spacial score (nSPS) is 10.0. The van der Waals surface area contributed by atoms with Crippen LogP contribution in [0.15, 0.2) is 48.5 Å². The highest BCUT2D eigenvalue weighted by Gasteiger charge is 2.13. The van der Waals surface area contributed by atoms with Gasteiger partial charge in [0.25, 0.3) is 5.69 Å². The Bertz CT molecular complexity index is 668. The summed E-state index contributed by atoms with van der Waals surface area (Å²) in [6, 6.07) is 13.4. The van der Waals surface area contributed by atoms with E-state index in [0.29, 0.717) is 23.4 Å². The van der Waals surface area contributed by atoms with Gasteiger partial charge in [-0.05, 0) is 30.7 Å². The lowest BCUT2D eigenvalue weighted by Crippen LogP contribution is -2.12. The number of rotatable bonds is 6. The third kappa shape index (κ3) is 4.05. The molecule has 0 bridgehead atoms. The number of hydrogen-bond acceptors (Lipinski definition) is 4. The number of ether oxygens (including phenoxy) is 1. The summed E-state index contributed by atoms with van der Waals surface area (Å²) in [5, 5.41) is 13.7. The number of amides is 1. The Morgan fingerprint density at radius 2 is 1.86 bits per heavy atom. The van der Waals surface area contributed by atoms with Crippen LogP contribution in [0.25, 0.3) is 0 Å². The van der Waals surface area contributed by atoms with Crippen molar-refractivity contribution >= 4 is 17.3 Å². The van der Waals surface area contributed by atoms with E-state index in [1.54, 1.807) is 49.6 Å². The van der Waals surface area contributed by atoms with Crippen molar-refractivity contribution in [1.82, 2.24) is 0 Å². The molecule has 1 N–H and O–H groups in total. The zero-order valence-corrected chi connectivity index (χ0v) is 12.1. The molecule has 0 saturated heterocycles. The average Bonchev–Trinajstić information content (AvgIpc) is 2.54. The number of nitro groups is 1. The van der Waals surface area contributed by atoms with Crippen LogP contribution in [0.5, 0.6) is 5.75 Å². The molecule has 0 aliphatic carbocycles. The SMILES string of the molecule is COc1ccc(NC(=O)CCc2ccccc2[N+](=O)[O-])cc1. The van der Waals surface area contributed by atoms with Crippen molar-refractivity contribution in [2.24, 2.45) is 0 Å². The van der Waals surface area contributed by atoms with Crippen molar-refractivity contribution in [2.75, 3.05) is 12.4 Å². The predicted molar refractivity (Wildman–Crippen MR) is 83.0 cm³/mol. The van der Waals surface area contributed by atoms with Crippen LogP contribution in [0.1, 0.15) is 12.0 Å². The van der Waals surface area contributed by atoms with Gasteiger partial charge in [0.05, 0.1) is 12.0 Å². The number of methoxy groups -OCH3 is 1. The van der Waals surface area contributed by atoms with Crippen LogP contribution in [0, 0.1) is 10.1 Å². The number of para-hydroxylation sites is 1. The Hall–Kier alpha value is -2.89. The Morgan fingerprint density at radius 3 is 2.50 bits per heavy atom. The average molecular weight is 300 g/mol. The maximum Gasteiger partial charge on any atom is 0.272 e. The Labute approximate surface area is 127 Å². The van der Waals surface area contributed by atoms with Crippen LogP contribution in [-0.4, -0.2) is 17.9 Å². The standard InChI is InChI=1S/C16H16N2O4/c1-22-14-9-7-13(8-10-14)17-16(19)11-6-12-4-2-3-5-15(12)18(20)21/h2-5,7-10H,6,11H2,1H3,(H,17,19). The summed E-state index contributed by atoms with van der Waals surface area (Å²) < 4.78 is 5.04. The van der Waals surface area contributed by atoms with Crippen LogP contribution in [0.3, 0.4) is 0 Å². The third-order valence-corrected chi connectivity index (χ3v) is 3.18. The number of hydrogen-bond donors (Lipinski definition) is 1. The van der Waals surface area contributed by atoms with Crippen molar-refractivity contribution in [1.29, 1.82) is 0 Å². The van der Waals surface area contributed by atoms with Crippen LogP contribution in [-0.2, 0) is 11.2 Å². The second kappa shape index (κ2) is 7.21. The monoisotopic (exact) mass is 300 g/mol. The summed E-state index contributed by atoms with van der Waals surface area (Å²) in [6.45, 7) is 0. The molecule has 6 nitrogen and oxygen atoms in total. The highest BCUT2D eigenvalue weighted by atomic mass is 16.6. The van der Waals surface area contributed by atoms with Crippen molar-refractivity contribution in [3.05, 3.63) is 64.2 Å². The molecule has 2 aromatic rings. The topological polar surface area (TPSA) is 81.5 Å². The maximum absolute atomic E-state index is 11.9. The van der Waals surface area contributed by atoms with E-state index in [1.165, 1.54) is 6.07 Å². The molecule has 1 amide bonds. The van der Waals surface area contributed by atoms with Gasteiger partial charge in [0.2, 0.25) is 5.91 Å². The number of carbonyl (C=O) groups is 1. The molecule has 0 aliphatic rings. The van der Waals surface area contributed by atoms with E-state index < -0.39 is 4.92 Å². The van der Waals surface area contributed by atoms with E-state index in [9.17, 15) is 14.9 Å². The van der Waals surface area contributed by atoms with Gasteiger partial charge >= 0.3 is 0 Å². The second-order valence-electron chi connectivity index (χ2n) is 4.66. The fraction of sp³-hybridized carbons (Fsp3) is 0.188. The van der Waals surface area contributed by atoms with Gasteiger partial charge in [-0.3, -0.25) is 14.9 Å². The van der Waals surface area contributed by atoms with Crippen LogP contribution in [0.2, 0.25) is 0 Å². The van der Waals surface area contributed by atoms with Crippen LogP contribution < -0.4 is 10.1 Å². The number of aryl methyl sites for hydroxylation is 1. The predicted octanol–water partition coefficient (Wildman–Crippen LogP) is 3.17. The van der Waals surface area contributed by atoms with Gasteiger partial charge in [0.15, 0.2) is 0 Å². The number of anilines is 1. The fourth-order valence-electron chi connectivity index (χ4n) is 2.05. The highest BCUT2D eigenvalue weighted by Crippen LogP contribution is 2.20. The molecular weight excluding hydrogens is 284 g/mol. The Kier molecular flexibility index (Phi) is 5.08. The summed E-state index contributed by atoms with van der Waals surface area (Å²) in [5.41, 5.74) is 1.26. The summed E-state index contributed by atoms with van der Waals surface area (Å²) in [4.78, 5) is 22.4. The van der Waals surface area contributed by atoms with E-state index in [4.69, 9.17) is 4.74 Å². The number of nitrogens with one attached hydrogen (secondary N) is 1. The quantitative estimate of drug-likeness (QED) is 0.656. The molecule has 114 valence electrons. The van der Waals surface area contributed by atoms with E-state index in [2.05, 4.69) is 5.32 Å². The van der Waals surface area contributed by atoms with Gasteiger partial charge < -0.3 is 10.1 Å². The molecule has 0 spiro atoms. The molecule has 0 aliphatic heterocycles. The van der Waals surface area contributed by atoms with Crippen molar-refractivity contribution in [2.45, 2.75) is 12.8 Å². The summed E-state index contributed by atoms with van der Waals surface area (Å²) in [5.74, 6) is 0.515. The second-order valence-corrected chi connectivity index (χ2v) is 4.66. The number of nitro benzene ring substituents is 1. The number of carbonyl (C=O) groups excluding carboxylic acids is 1. The summed E-state index contributed by atoms with van der Waals surface area (Å²) in [7, 11) is 1.57. The molecule has 0 fully saturated rings.